The molecule has 2 aliphatic rings. The Morgan fingerprint density at radius 3 is 2.86 bits per heavy atom. The lowest BCUT2D eigenvalue weighted by molar-refractivity contribution is 0.0109. The second-order valence-corrected chi connectivity index (χ2v) is 5.93. The van der Waals surface area contributed by atoms with Crippen molar-refractivity contribution in [2.45, 2.75) is 44.2 Å². The van der Waals surface area contributed by atoms with Crippen LogP contribution in [0.15, 0.2) is 24.5 Å². The van der Waals surface area contributed by atoms with Gasteiger partial charge in [0.05, 0.1) is 12.2 Å². The molecule has 0 bridgehead atoms. The van der Waals surface area contributed by atoms with Crippen LogP contribution < -0.4 is 10.5 Å². The van der Waals surface area contributed by atoms with Crippen molar-refractivity contribution in [1.29, 1.82) is 0 Å². The third-order valence-electron chi connectivity index (χ3n) is 4.15. The minimum atomic E-state index is 0.0154. The third kappa shape index (κ3) is 2.66. The maximum Gasteiger partial charge on any atom is 0.171 e. The Labute approximate surface area is 129 Å². The zero-order valence-electron chi connectivity index (χ0n) is 12.4. The van der Waals surface area contributed by atoms with Crippen LogP contribution >= 0.6 is 0 Å². The highest BCUT2D eigenvalue weighted by Gasteiger charge is 2.30. The molecule has 1 aliphatic heterocycles. The first kappa shape index (κ1) is 13.6. The standard InChI is InChI=1S/C16H20N4O2/c17-16-13(5-3-8-18-16)22-14-10-20(11-6-7-11)19-15(14)12-4-1-2-9-21-12/h3,5,8,10-12H,1-2,4,6-7,9H2,(H2,17,18). The summed E-state index contributed by atoms with van der Waals surface area (Å²) in [6.45, 7) is 0.787. The summed E-state index contributed by atoms with van der Waals surface area (Å²) in [6, 6.07) is 4.14. The van der Waals surface area contributed by atoms with Crippen molar-refractivity contribution < 1.29 is 9.47 Å². The van der Waals surface area contributed by atoms with Gasteiger partial charge >= 0.3 is 0 Å². The number of ether oxygens (including phenoxy) is 2. The Morgan fingerprint density at radius 1 is 1.23 bits per heavy atom. The van der Waals surface area contributed by atoms with Gasteiger partial charge in [0.25, 0.3) is 0 Å². The quantitative estimate of drug-likeness (QED) is 0.938. The van der Waals surface area contributed by atoms with Crippen molar-refractivity contribution in [1.82, 2.24) is 14.8 Å². The van der Waals surface area contributed by atoms with Gasteiger partial charge in [-0.1, -0.05) is 0 Å². The molecule has 2 aromatic heterocycles. The van der Waals surface area contributed by atoms with Gasteiger partial charge in [-0.3, -0.25) is 4.68 Å². The zero-order chi connectivity index (χ0) is 14.9. The number of rotatable bonds is 4. The zero-order valence-corrected chi connectivity index (χ0v) is 12.4. The maximum absolute atomic E-state index is 6.00. The van der Waals surface area contributed by atoms with E-state index in [1.54, 1.807) is 6.20 Å². The fraction of sp³-hybridized carbons (Fsp3) is 0.500. The van der Waals surface area contributed by atoms with Crippen molar-refractivity contribution in [3.63, 3.8) is 0 Å². The number of nitrogens with zero attached hydrogens (tertiary/aromatic N) is 3. The minimum absolute atomic E-state index is 0.0154. The summed E-state index contributed by atoms with van der Waals surface area (Å²) in [7, 11) is 0. The molecule has 3 heterocycles. The summed E-state index contributed by atoms with van der Waals surface area (Å²) in [5, 5.41) is 4.73. The van der Waals surface area contributed by atoms with Crippen LogP contribution in [0.4, 0.5) is 5.82 Å². The Hall–Kier alpha value is -2.08. The molecule has 116 valence electrons. The molecular weight excluding hydrogens is 280 g/mol. The van der Waals surface area contributed by atoms with Crippen LogP contribution in [0.2, 0.25) is 0 Å². The van der Waals surface area contributed by atoms with Gasteiger partial charge in [0, 0.05) is 12.8 Å². The molecular formula is C16H20N4O2. The Morgan fingerprint density at radius 2 is 2.14 bits per heavy atom. The summed E-state index contributed by atoms with van der Waals surface area (Å²) in [6.07, 6.45) is 9.27. The molecule has 6 heteroatoms. The molecule has 22 heavy (non-hydrogen) atoms. The smallest absolute Gasteiger partial charge is 0.171 e. The topological polar surface area (TPSA) is 75.2 Å². The largest absolute Gasteiger partial charge is 0.450 e. The highest BCUT2D eigenvalue weighted by atomic mass is 16.5. The van der Waals surface area contributed by atoms with Crippen LogP contribution in [0.3, 0.4) is 0 Å². The Kier molecular flexibility index (Phi) is 3.46. The lowest BCUT2D eigenvalue weighted by Gasteiger charge is -2.21. The van der Waals surface area contributed by atoms with Gasteiger partial charge in [-0.2, -0.15) is 5.10 Å². The highest BCUT2D eigenvalue weighted by molar-refractivity contribution is 5.48. The molecule has 1 atom stereocenters. The van der Waals surface area contributed by atoms with E-state index in [4.69, 9.17) is 20.3 Å². The molecule has 2 fully saturated rings. The number of hydrogen-bond acceptors (Lipinski definition) is 5. The van der Waals surface area contributed by atoms with E-state index in [0.29, 0.717) is 17.6 Å². The van der Waals surface area contributed by atoms with Gasteiger partial charge in [0.1, 0.15) is 11.8 Å². The van der Waals surface area contributed by atoms with Crippen LogP contribution in [-0.4, -0.2) is 21.4 Å². The normalized spacial score (nSPS) is 21.7. The molecule has 2 aromatic rings. The van der Waals surface area contributed by atoms with Gasteiger partial charge in [-0.25, -0.2) is 4.98 Å². The summed E-state index contributed by atoms with van der Waals surface area (Å²) in [5.41, 5.74) is 6.77. The van der Waals surface area contributed by atoms with Crippen LogP contribution in [0.5, 0.6) is 11.5 Å². The number of pyridine rings is 1. The summed E-state index contributed by atoms with van der Waals surface area (Å²) in [4.78, 5) is 4.07. The van der Waals surface area contributed by atoms with Crippen LogP contribution in [-0.2, 0) is 4.74 Å². The fourth-order valence-electron chi connectivity index (χ4n) is 2.78. The molecule has 4 rings (SSSR count). The number of aromatic nitrogens is 3. The molecule has 0 aromatic carbocycles. The molecule has 0 amide bonds. The van der Waals surface area contributed by atoms with E-state index < -0.39 is 0 Å². The highest BCUT2D eigenvalue weighted by Crippen LogP contribution is 2.40. The lowest BCUT2D eigenvalue weighted by Crippen LogP contribution is -2.13. The van der Waals surface area contributed by atoms with E-state index in [9.17, 15) is 0 Å². The number of nitrogens with two attached hydrogens (primary N) is 1. The first-order valence-electron chi connectivity index (χ1n) is 7.90. The molecule has 1 saturated heterocycles. The minimum Gasteiger partial charge on any atom is -0.450 e. The predicted molar refractivity (Wildman–Crippen MR) is 81.8 cm³/mol. The van der Waals surface area contributed by atoms with Crippen molar-refractivity contribution in [3.8, 4) is 11.5 Å². The average molecular weight is 300 g/mol. The number of nitrogen functional groups attached to an aromatic ring is 1. The number of anilines is 1. The Balaban J connectivity index is 1.65. The summed E-state index contributed by atoms with van der Waals surface area (Å²) < 4.78 is 13.9. The molecule has 2 N–H and O–H groups in total. The lowest BCUT2D eigenvalue weighted by atomic mass is 10.1. The fourth-order valence-corrected chi connectivity index (χ4v) is 2.78. The Bertz CT molecular complexity index is 660. The van der Waals surface area contributed by atoms with Crippen molar-refractivity contribution in [3.05, 3.63) is 30.2 Å². The second-order valence-electron chi connectivity index (χ2n) is 5.93. The van der Waals surface area contributed by atoms with Crippen LogP contribution in [0.25, 0.3) is 0 Å². The van der Waals surface area contributed by atoms with E-state index in [1.165, 1.54) is 12.8 Å². The van der Waals surface area contributed by atoms with E-state index in [1.807, 2.05) is 23.0 Å². The molecule has 6 nitrogen and oxygen atoms in total. The van der Waals surface area contributed by atoms with Crippen molar-refractivity contribution in [2.24, 2.45) is 0 Å². The maximum atomic E-state index is 6.00. The van der Waals surface area contributed by atoms with E-state index in [-0.39, 0.29) is 6.10 Å². The predicted octanol–water partition coefficient (Wildman–Crippen LogP) is 3.23. The first-order chi connectivity index (χ1) is 10.8. The SMILES string of the molecule is Nc1ncccc1Oc1cn(C2CC2)nc1C1CCCCO1. The van der Waals surface area contributed by atoms with Crippen LogP contribution in [0, 0.1) is 0 Å². The van der Waals surface area contributed by atoms with E-state index in [2.05, 4.69) is 4.98 Å². The van der Waals surface area contributed by atoms with Crippen LogP contribution in [0.1, 0.15) is 49.9 Å². The van der Waals surface area contributed by atoms with Gasteiger partial charge in [-0.05, 0) is 44.2 Å². The molecule has 0 radical (unpaired) electrons. The van der Waals surface area contributed by atoms with Gasteiger partial charge in [0.15, 0.2) is 17.3 Å². The van der Waals surface area contributed by atoms with Gasteiger partial charge in [0.2, 0.25) is 0 Å². The van der Waals surface area contributed by atoms with E-state index in [0.717, 1.165) is 37.3 Å². The van der Waals surface area contributed by atoms with Gasteiger partial charge < -0.3 is 15.2 Å². The number of hydrogen-bond donors (Lipinski definition) is 1. The molecule has 0 spiro atoms. The summed E-state index contributed by atoms with van der Waals surface area (Å²) in [5.74, 6) is 1.69. The van der Waals surface area contributed by atoms with Crippen molar-refractivity contribution in [2.75, 3.05) is 12.3 Å². The second kappa shape index (κ2) is 5.61. The monoisotopic (exact) mass is 300 g/mol. The third-order valence-corrected chi connectivity index (χ3v) is 4.15. The van der Waals surface area contributed by atoms with Gasteiger partial charge in [-0.15, -0.1) is 0 Å². The van der Waals surface area contributed by atoms with Crippen molar-refractivity contribution >= 4 is 5.82 Å². The summed E-state index contributed by atoms with van der Waals surface area (Å²) >= 11 is 0. The molecule has 1 unspecified atom stereocenters. The molecule has 1 aliphatic carbocycles. The first-order valence-corrected chi connectivity index (χ1v) is 7.90. The average Bonchev–Trinajstić information content (AvgIpc) is 3.32. The molecule has 1 saturated carbocycles. The van der Waals surface area contributed by atoms with E-state index >= 15 is 0 Å².